The number of aliphatic carboxylic acids is 1. The third-order valence-electron chi connectivity index (χ3n) is 3.01. The Hall–Kier alpha value is -1.15. The molecule has 8 heteroatoms. The highest BCUT2D eigenvalue weighted by atomic mass is 32.2. The van der Waals surface area contributed by atoms with Crippen LogP contribution in [0.25, 0.3) is 0 Å². The third-order valence-corrected chi connectivity index (χ3v) is 4.85. The number of carbonyl (C=O) groups is 2. The van der Waals surface area contributed by atoms with Gasteiger partial charge in [0.2, 0.25) is 5.91 Å². The zero-order chi connectivity index (χ0) is 14.5. The van der Waals surface area contributed by atoms with Crippen molar-refractivity contribution in [1.29, 1.82) is 0 Å². The lowest BCUT2D eigenvalue weighted by Gasteiger charge is -2.34. The molecule has 19 heavy (non-hydrogen) atoms. The third kappa shape index (κ3) is 5.15. The van der Waals surface area contributed by atoms with E-state index in [1.54, 1.807) is 11.8 Å². The predicted molar refractivity (Wildman–Crippen MR) is 69.6 cm³/mol. The summed E-state index contributed by atoms with van der Waals surface area (Å²) in [6.45, 7) is 2.89. The maximum Gasteiger partial charge on any atom is 0.305 e. The Balaban J connectivity index is 2.63. The molecule has 7 nitrogen and oxygen atoms in total. The molecule has 0 bridgehead atoms. The lowest BCUT2D eigenvalue weighted by Crippen LogP contribution is -2.56. The Labute approximate surface area is 112 Å². The van der Waals surface area contributed by atoms with Gasteiger partial charge in [-0.3, -0.25) is 14.5 Å². The van der Waals surface area contributed by atoms with Crippen LogP contribution in [0.15, 0.2) is 0 Å². The number of sulfone groups is 1. The molecule has 0 spiro atoms. The summed E-state index contributed by atoms with van der Waals surface area (Å²) >= 11 is 0. The second kappa shape index (κ2) is 6.85. The van der Waals surface area contributed by atoms with Gasteiger partial charge in [-0.1, -0.05) is 6.92 Å². The van der Waals surface area contributed by atoms with E-state index in [0.29, 0.717) is 19.5 Å². The van der Waals surface area contributed by atoms with Crippen molar-refractivity contribution in [1.82, 2.24) is 10.2 Å². The van der Waals surface area contributed by atoms with E-state index in [2.05, 4.69) is 5.32 Å². The van der Waals surface area contributed by atoms with Crippen molar-refractivity contribution in [2.75, 3.05) is 31.1 Å². The molecule has 0 aromatic carbocycles. The summed E-state index contributed by atoms with van der Waals surface area (Å²) in [6, 6.07) is -0.775. The highest BCUT2D eigenvalue weighted by molar-refractivity contribution is 7.91. The number of amides is 1. The van der Waals surface area contributed by atoms with Crippen molar-refractivity contribution in [3.05, 3.63) is 0 Å². The van der Waals surface area contributed by atoms with Gasteiger partial charge in [0.25, 0.3) is 0 Å². The maximum atomic E-state index is 11.6. The fourth-order valence-electron chi connectivity index (χ4n) is 2.09. The number of piperazine rings is 1. The van der Waals surface area contributed by atoms with Gasteiger partial charge < -0.3 is 10.4 Å². The van der Waals surface area contributed by atoms with Crippen molar-refractivity contribution in [3.63, 3.8) is 0 Å². The first-order chi connectivity index (χ1) is 8.85. The molecule has 0 aromatic rings. The summed E-state index contributed by atoms with van der Waals surface area (Å²) in [5, 5.41) is 11.4. The van der Waals surface area contributed by atoms with Crippen LogP contribution < -0.4 is 5.32 Å². The van der Waals surface area contributed by atoms with Gasteiger partial charge in [-0.15, -0.1) is 0 Å². The van der Waals surface area contributed by atoms with E-state index >= 15 is 0 Å². The van der Waals surface area contributed by atoms with Crippen molar-refractivity contribution in [2.24, 2.45) is 0 Å². The van der Waals surface area contributed by atoms with Crippen LogP contribution in [0, 0.1) is 0 Å². The minimum absolute atomic E-state index is 0.0375. The molecule has 1 fully saturated rings. The van der Waals surface area contributed by atoms with Crippen LogP contribution in [0.4, 0.5) is 0 Å². The molecule has 1 aliphatic heterocycles. The summed E-state index contributed by atoms with van der Waals surface area (Å²) in [7, 11) is -3.12. The predicted octanol–water partition coefficient (Wildman–Crippen LogP) is -0.914. The van der Waals surface area contributed by atoms with Crippen LogP contribution in [0.5, 0.6) is 0 Å². The minimum atomic E-state index is -3.12. The van der Waals surface area contributed by atoms with Crippen molar-refractivity contribution in [3.8, 4) is 0 Å². The van der Waals surface area contributed by atoms with E-state index in [9.17, 15) is 18.0 Å². The Kier molecular flexibility index (Phi) is 5.74. The molecule has 0 saturated carbocycles. The number of carbonyl (C=O) groups excluding carboxylic acids is 1. The van der Waals surface area contributed by atoms with Gasteiger partial charge in [-0.25, -0.2) is 8.42 Å². The lowest BCUT2D eigenvalue weighted by atomic mass is 10.1. The molecule has 0 radical (unpaired) electrons. The fraction of sp³-hybridized carbons (Fsp3) is 0.818. The summed E-state index contributed by atoms with van der Waals surface area (Å²) in [6.07, 6.45) is 0.251. The number of carboxylic acids is 1. The van der Waals surface area contributed by atoms with Crippen molar-refractivity contribution >= 4 is 21.7 Å². The van der Waals surface area contributed by atoms with Crippen molar-refractivity contribution in [2.45, 2.75) is 25.8 Å². The quantitative estimate of drug-likeness (QED) is 0.629. The Bertz CT molecular complexity index is 434. The average Bonchev–Trinajstić information content (AvgIpc) is 2.29. The van der Waals surface area contributed by atoms with E-state index in [-0.39, 0.29) is 30.4 Å². The Morgan fingerprint density at radius 2 is 2.16 bits per heavy atom. The molecular formula is C11H20N2O5S. The second-order valence-corrected chi connectivity index (χ2v) is 6.90. The Morgan fingerprint density at radius 3 is 2.74 bits per heavy atom. The molecule has 1 unspecified atom stereocenters. The number of carboxylic acid groups (broad SMARTS) is 1. The van der Waals surface area contributed by atoms with Gasteiger partial charge in [-0.2, -0.15) is 0 Å². The van der Waals surface area contributed by atoms with Gasteiger partial charge in [0.1, 0.15) is 0 Å². The average molecular weight is 292 g/mol. The monoisotopic (exact) mass is 292 g/mol. The number of nitrogens with one attached hydrogen (secondary N) is 1. The Morgan fingerprint density at radius 1 is 1.47 bits per heavy atom. The van der Waals surface area contributed by atoms with Crippen LogP contribution in [0.3, 0.4) is 0 Å². The van der Waals surface area contributed by atoms with E-state index < -0.39 is 21.8 Å². The minimum Gasteiger partial charge on any atom is -0.481 e. The first-order valence-corrected chi connectivity index (χ1v) is 8.12. The smallest absolute Gasteiger partial charge is 0.305 e. The van der Waals surface area contributed by atoms with Gasteiger partial charge in [0, 0.05) is 25.4 Å². The fourth-order valence-corrected chi connectivity index (χ4v) is 3.43. The zero-order valence-corrected chi connectivity index (χ0v) is 11.8. The number of nitrogens with zero attached hydrogens (tertiary/aromatic N) is 1. The molecule has 1 aliphatic rings. The number of rotatable bonds is 7. The summed E-state index contributed by atoms with van der Waals surface area (Å²) < 4.78 is 23.3. The lowest BCUT2D eigenvalue weighted by molar-refractivity contribution is -0.143. The van der Waals surface area contributed by atoms with Gasteiger partial charge in [0.05, 0.1) is 18.2 Å². The van der Waals surface area contributed by atoms with E-state index in [4.69, 9.17) is 5.11 Å². The molecule has 1 amide bonds. The number of hydrogen-bond donors (Lipinski definition) is 2. The van der Waals surface area contributed by atoms with Gasteiger partial charge in [0.15, 0.2) is 9.84 Å². The summed E-state index contributed by atoms with van der Waals surface area (Å²) in [5.41, 5.74) is 0. The van der Waals surface area contributed by atoms with Crippen LogP contribution in [-0.2, 0) is 19.4 Å². The normalized spacial score (nSPS) is 21.1. The molecular weight excluding hydrogens is 272 g/mol. The van der Waals surface area contributed by atoms with Gasteiger partial charge in [-0.05, 0) is 6.42 Å². The first kappa shape index (κ1) is 15.9. The molecule has 1 saturated heterocycles. The molecule has 0 aliphatic carbocycles. The first-order valence-electron chi connectivity index (χ1n) is 6.29. The van der Waals surface area contributed by atoms with Crippen molar-refractivity contribution < 1.29 is 23.1 Å². The van der Waals surface area contributed by atoms with Gasteiger partial charge >= 0.3 is 5.97 Å². The highest BCUT2D eigenvalue weighted by Crippen LogP contribution is 2.09. The largest absolute Gasteiger partial charge is 0.481 e. The van der Waals surface area contributed by atoms with E-state index in [0.717, 1.165) is 0 Å². The van der Waals surface area contributed by atoms with Crippen LogP contribution >= 0.6 is 0 Å². The molecule has 1 atom stereocenters. The summed E-state index contributed by atoms with van der Waals surface area (Å²) in [4.78, 5) is 24.0. The molecule has 1 rings (SSSR count). The van der Waals surface area contributed by atoms with Crippen LogP contribution in [-0.4, -0.2) is 67.5 Å². The standard InChI is InChI=1S/C11H20N2O5S/c1-2-6-19(17,18)7-5-13-4-3-12-11(16)9(13)8-10(14)15/h9H,2-8H2,1H3,(H,12,16)(H,14,15). The van der Waals surface area contributed by atoms with Crippen LogP contribution in [0.1, 0.15) is 19.8 Å². The topological polar surface area (TPSA) is 104 Å². The van der Waals surface area contributed by atoms with E-state index in [1.807, 2.05) is 0 Å². The van der Waals surface area contributed by atoms with E-state index in [1.165, 1.54) is 0 Å². The molecule has 1 heterocycles. The molecule has 110 valence electrons. The molecule has 0 aromatic heterocycles. The molecule has 2 N–H and O–H groups in total. The second-order valence-electron chi connectivity index (χ2n) is 4.59. The maximum absolute atomic E-state index is 11.6. The SMILES string of the molecule is CCCS(=O)(=O)CCN1CCNC(=O)C1CC(=O)O. The number of hydrogen-bond acceptors (Lipinski definition) is 5. The highest BCUT2D eigenvalue weighted by Gasteiger charge is 2.31. The van der Waals surface area contributed by atoms with Crippen LogP contribution in [0.2, 0.25) is 0 Å². The zero-order valence-electron chi connectivity index (χ0n) is 11.0. The summed E-state index contributed by atoms with van der Waals surface area (Å²) in [5.74, 6) is -1.33.